The van der Waals surface area contributed by atoms with E-state index in [0.717, 1.165) is 24.2 Å². The Balaban J connectivity index is 2.67. The number of hydrogen-bond donors (Lipinski definition) is 2. The van der Waals surface area contributed by atoms with Crippen LogP contribution in [-0.2, 0) is 12.8 Å². The first-order valence-corrected chi connectivity index (χ1v) is 6.71. The van der Waals surface area contributed by atoms with Crippen LogP contribution < -0.4 is 5.32 Å². The van der Waals surface area contributed by atoms with E-state index in [-0.39, 0.29) is 0 Å². The van der Waals surface area contributed by atoms with E-state index in [1.54, 1.807) is 6.92 Å². The molecule has 1 heterocycles. The lowest BCUT2D eigenvalue weighted by Gasteiger charge is -2.27. The van der Waals surface area contributed by atoms with Crippen molar-refractivity contribution >= 4 is 5.95 Å². The molecule has 0 aromatic carbocycles. The van der Waals surface area contributed by atoms with Crippen LogP contribution in [0.25, 0.3) is 0 Å². The third-order valence-corrected chi connectivity index (χ3v) is 2.79. The van der Waals surface area contributed by atoms with Gasteiger partial charge in [-0.2, -0.15) is 5.10 Å². The molecule has 108 valence electrons. The highest BCUT2D eigenvalue weighted by molar-refractivity contribution is 5.26. The van der Waals surface area contributed by atoms with E-state index >= 15 is 0 Å². The minimum absolute atomic E-state index is 0.390. The molecule has 0 radical (unpaired) electrons. The molecule has 1 aromatic heterocycles. The molecule has 6 heteroatoms. The maximum absolute atomic E-state index is 10.2. The van der Waals surface area contributed by atoms with Gasteiger partial charge in [0.05, 0.1) is 17.0 Å². The molecular formula is C13H25N5O. The van der Waals surface area contributed by atoms with Gasteiger partial charge in [-0.3, -0.25) is 0 Å². The largest absolute Gasteiger partial charge is 0.387 e. The van der Waals surface area contributed by atoms with Gasteiger partial charge >= 0.3 is 0 Å². The zero-order valence-corrected chi connectivity index (χ0v) is 12.6. The second kappa shape index (κ2) is 6.77. The third kappa shape index (κ3) is 5.08. The Kier molecular flexibility index (Phi) is 5.62. The zero-order chi connectivity index (χ0) is 14.5. The van der Waals surface area contributed by atoms with Crippen molar-refractivity contribution in [2.75, 3.05) is 32.5 Å². The van der Waals surface area contributed by atoms with Crippen LogP contribution in [-0.4, -0.2) is 58.0 Å². The summed E-state index contributed by atoms with van der Waals surface area (Å²) in [4.78, 5) is 6.38. The smallest absolute Gasteiger partial charge is 0.243 e. The minimum atomic E-state index is -0.831. The van der Waals surface area contributed by atoms with E-state index in [0.29, 0.717) is 19.0 Å². The van der Waals surface area contributed by atoms with Crippen molar-refractivity contribution in [2.45, 2.75) is 39.2 Å². The molecule has 1 atom stereocenters. The highest BCUT2D eigenvalue weighted by Gasteiger charge is 2.21. The molecule has 0 saturated carbocycles. The van der Waals surface area contributed by atoms with Gasteiger partial charge in [-0.15, -0.1) is 5.10 Å². The van der Waals surface area contributed by atoms with Gasteiger partial charge in [-0.05, 0) is 33.9 Å². The Bertz CT molecular complexity index is 406. The van der Waals surface area contributed by atoms with Crippen molar-refractivity contribution in [1.82, 2.24) is 20.1 Å². The lowest BCUT2D eigenvalue weighted by Crippen LogP contribution is -2.43. The van der Waals surface area contributed by atoms with Crippen molar-refractivity contribution in [3.63, 3.8) is 0 Å². The Morgan fingerprint density at radius 2 is 1.79 bits per heavy atom. The molecule has 0 aliphatic carbocycles. The first-order valence-electron chi connectivity index (χ1n) is 6.71. The lowest BCUT2D eigenvalue weighted by atomic mass is 10.1. The van der Waals surface area contributed by atoms with Gasteiger partial charge in [0, 0.05) is 13.1 Å². The van der Waals surface area contributed by atoms with E-state index in [9.17, 15) is 5.11 Å². The number of nitrogens with one attached hydrogen (secondary N) is 1. The number of nitrogens with zero attached hydrogens (tertiary/aromatic N) is 4. The van der Waals surface area contributed by atoms with Crippen LogP contribution in [0.5, 0.6) is 0 Å². The molecule has 0 spiro atoms. The summed E-state index contributed by atoms with van der Waals surface area (Å²) in [5, 5.41) is 21.5. The number of hydrogen-bond acceptors (Lipinski definition) is 6. The fourth-order valence-electron chi connectivity index (χ4n) is 2.02. The molecule has 0 saturated heterocycles. The summed E-state index contributed by atoms with van der Waals surface area (Å²) in [6, 6.07) is 0. The van der Waals surface area contributed by atoms with Crippen molar-refractivity contribution in [1.29, 1.82) is 0 Å². The summed E-state index contributed by atoms with van der Waals surface area (Å²) in [6.07, 6.45) is 1.67. The average molecular weight is 267 g/mol. The second-order valence-corrected chi connectivity index (χ2v) is 5.32. The van der Waals surface area contributed by atoms with Gasteiger partial charge < -0.3 is 15.3 Å². The highest BCUT2D eigenvalue weighted by Crippen LogP contribution is 2.09. The number of likely N-dealkylation sites (N-methyl/N-ethyl adjacent to an activating group) is 1. The normalized spacial score (nSPS) is 14.5. The van der Waals surface area contributed by atoms with Crippen molar-refractivity contribution in [3.05, 3.63) is 11.4 Å². The Labute approximate surface area is 115 Å². The SMILES string of the molecule is CCc1nnc(NCC(C)(O)CN(C)C)nc1CC. The summed E-state index contributed by atoms with van der Waals surface area (Å²) in [6.45, 7) is 6.84. The molecule has 1 unspecified atom stereocenters. The molecule has 0 amide bonds. The molecule has 19 heavy (non-hydrogen) atoms. The Morgan fingerprint density at radius 1 is 1.16 bits per heavy atom. The predicted octanol–water partition coefficient (Wildman–Crippen LogP) is 0.721. The zero-order valence-electron chi connectivity index (χ0n) is 12.6. The number of aryl methyl sites for hydroxylation is 2. The second-order valence-electron chi connectivity index (χ2n) is 5.32. The first-order chi connectivity index (χ1) is 8.88. The molecule has 6 nitrogen and oxygen atoms in total. The topological polar surface area (TPSA) is 74.2 Å². The summed E-state index contributed by atoms with van der Waals surface area (Å²) < 4.78 is 0. The van der Waals surface area contributed by atoms with Crippen LogP contribution in [0.3, 0.4) is 0 Å². The standard InChI is InChI=1S/C13H25N5O/c1-6-10-11(7-2)16-17-12(15-10)14-8-13(3,19)9-18(4)5/h19H,6-9H2,1-5H3,(H,14,15,17). The number of aromatic nitrogens is 3. The van der Waals surface area contributed by atoms with E-state index in [1.165, 1.54) is 0 Å². The van der Waals surface area contributed by atoms with E-state index < -0.39 is 5.60 Å². The molecule has 1 aromatic rings. The number of aliphatic hydroxyl groups is 1. The van der Waals surface area contributed by atoms with E-state index in [2.05, 4.69) is 27.4 Å². The minimum Gasteiger partial charge on any atom is -0.387 e. The van der Waals surface area contributed by atoms with Gasteiger partial charge in [0.25, 0.3) is 0 Å². The van der Waals surface area contributed by atoms with Crippen LogP contribution in [0.15, 0.2) is 0 Å². The van der Waals surface area contributed by atoms with Crippen LogP contribution in [0.1, 0.15) is 32.2 Å². The van der Waals surface area contributed by atoms with Crippen molar-refractivity contribution in [2.24, 2.45) is 0 Å². The molecular weight excluding hydrogens is 242 g/mol. The molecule has 0 bridgehead atoms. The summed E-state index contributed by atoms with van der Waals surface area (Å²) in [7, 11) is 3.86. The van der Waals surface area contributed by atoms with Crippen LogP contribution in [0.2, 0.25) is 0 Å². The monoisotopic (exact) mass is 267 g/mol. The van der Waals surface area contributed by atoms with Gasteiger partial charge in [-0.25, -0.2) is 4.98 Å². The molecule has 0 aliphatic heterocycles. The number of rotatable bonds is 7. The predicted molar refractivity (Wildman–Crippen MR) is 76.3 cm³/mol. The van der Waals surface area contributed by atoms with E-state index in [1.807, 2.05) is 25.9 Å². The van der Waals surface area contributed by atoms with Crippen LogP contribution >= 0.6 is 0 Å². The molecule has 0 fully saturated rings. The molecule has 1 rings (SSSR count). The number of anilines is 1. The van der Waals surface area contributed by atoms with Gasteiger partial charge in [0.1, 0.15) is 0 Å². The third-order valence-electron chi connectivity index (χ3n) is 2.79. The summed E-state index contributed by atoms with van der Waals surface area (Å²) in [5.41, 5.74) is 1.07. The van der Waals surface area contributed by atoms with Gasteiger partial charge in [-0.1, -0.05) is 13.8 Å². The maximum Gasteiger partial charge on any atom is 0.243 e. The quantitative estimate of drug-likeness (QED) is 0.758. The Hall–Kier alpha value is -1.27. The molecule has 2 N–H and O–H groups in total. The van der Waals surface area contributed by atoms with Gasteiger partial charge in [0.15, 0.2) is 0 Å². The average Bonchev–Trinajstić information content (AvgIpc) is 2.34. The molecule has 0 aliphatic rings. The Morgan fingerprint density at radius 3 is 2.32 bits per heavy atom. The lowest BCUT2D eigenvalue weighted by molar-refractivity contribution is 0.0458. The van der Waals surface area contributed by atoms with E-state index in [4.69, 9.17) is 0 Å². The van der Waals surface area contributed by atoms with Gasteiger partial charge in [0.2, 0.25) is 5.95 Å². The van der Waals surface area contributed by atoms with Crippen LogP contribution in [0, 0.1) is 0 Å². The maximum atomic E-state index is 10.2. The first kappa shape index (κ1) is 15.8. The summed E-state index contributed by atoms with van der Waals surface area (Å²) >= 11 is 0. The van der Waals surface area contributed by atoms with Crippen molar-refractivity contribution in [3.8, 4) is 0 Å². The van der Waals surface area contributed by atoms with Crippen molar-refractivity contribution < 1.29 is 5.11 Å². The highest BCUT2D eigenvalue weighted by atomic mass is 16.3. The summed E-state index contributed by atoms with van der Waals surface area (Å²) in [5.74, 6) is 0.480. The fourth-order valence-corrected chi connectivity index (χ4v) is 2.02. The fraction of sp³-hybridized carbons (Fsp3) is 0.769. The van der Waals surface area contributed by atoms with Crippen LogP contribution in [0.4, 0.5) is 5.95 Å².